The first kappa shape index (κ1) is 20.8. The maximum absolute atomic E-state index is 12.3. The molecule has 0 saturated carbocycles. The first-order valence-electron chi connectivity index (χ1n) is 10.1. The van der Waals surface area contributed by atoms with Gasteiger partial charge in [-0.15, -0.1) is 11.3 Å². The summed E-state index contributed by atoms with van der Waals surface area (Å²) in [5.41, 5.74) is 4.80. The molecule has 5 nitrogen and oxygen atoms in total. The molecule has 0 spiro atoms. The highest BCUT2D eigenvalue weighted by molar-refractivity contribution is 7.13. The number of aryl methyl sites for hydroxylation is 1. The number of hydrogen-bond acceptors (Lipinski definition) is 5. The van der Waals surface area contributed by atoms with E-state index < -0.39 is 0 Å². The molecule has 2 heterocycles. The Kier molecular flexibility index (Phi) is 6.69. The Labute approximate surface area is 185 Å². The second kappa shape index (κ2) is 10.00. The Bertz CT molecular complexity index is 1140. The lowest BCUT2D eigenvalue weighted by Crippen LogP contribution is -2.12. The van der Waals surface area contributed by atoms with Gasteiger partial charge in [-0.2, -0.15) is 0 Å². The highest BCUT2D eigenvalue weighted by Crippen LogP contribution is 2.29. The van der Waals surface area contributed by atoms with Crippen LogP contribution >= 0.6 is 11.3 Å². The number of ether oxygens (including phenoxy) is 1. The van der Waals surface area contributed by atoms with Gasteiger partial charge in [-0.1, -0.05) is 29.8 Å². The topological polar surface area (TPSA) is 64.1 Å². The lowest BCUT2D eigenvalue weighted by Gasteiger charge is -2.08. The smallest absolute Gasteiger partial charge is 0.224 e. The molecule has 4 aromatic rings. The van der Waals surface area contributed by atoms with Gasteiger partial charge in [0.1, 0.15) is 10.8 Å². The van der Waals surface area contributed by atoms with Crippen LogP contribution in [0.1, 0.15) is 18.4 Å². The number of amides is 1. The molecule has 1 amide bonds. The van der Waals surface area contributed by atoms with Crippen LogP contribution in [0.25, 0.3) is 21.8 Å². The van der Waals surface area contributed by atoms with Crippen LogP contribution in [-0.4, -0.2) is 22.5 Å². The number of thiazole rings is 1. The van der Waals surface area contributed by atoms with Gasteiger partial charge >= 0.3 is 0 Å². The van der Waals surface area contributed by atoms with Crippen molar-refractivity contribution in [1.29, 1.82) is 0 Å². The number of nitrogens with one attached hydrogen (secondary N) is 1. The van der Waals surface area contributed by atoms with E-state index >= 15 is 0 Å². The number of aromatic nitrogens is 2. The van der Waals surface area contributed by atoms with Gasteiger partial charge in [0.15, 0.2) is 0 Å². The van der Waals surface area contributed by atoms with E-state index in [2.05, 4.69) is 10.3 Å². The summed E-state index contributed by atoms with van der Waals surface area (Å²) in [5, 5.41) is 5.91. The molecular formula is C25H23N3O2S. The molecule has 0 aliphatic heterocycles. The van der Waals surface area contributed by atoms with Gasteiger partial charge in [0.25, 0.3) is 0 Å². The van der Waals surface area contributed by atoms with Crippen molar-refractivity contribution in [1.82, 2.24) is 9.97 Å². The normalized spacial score (nSPS) is 10.6. The molecule has 156 valence electrons. The van der Waals surface area contributed by atoms with E-state index in [1.54, 1.807) is 17.5 Å². The van der Waals surface area contributed by atoms with E-state index in [1.807, 2.05) is 79.2 Å². The van der Waals surface area contributed by atoms with Crippen LogP contribution < -0.4 is 10.1 Å². The van der Waals surface area contributed by atoms with Crippen LogP contribution in [0, 0.1) is 6.92 Å². The average Bonchev–Trinajstić information content (AvgIpc) is 3.29. The summed E-state index contributed by atoms with van der Waals surface area (Å²) >= 11 is 1.58. The van der Waals surface area contributed by atoms with Crippen LogP contribution in [0.3, 0.4) is 0 Å². The van der Waals surface area contributed by atoms with Crippen molar-refractivity contribution in [2.24, 2.45) is 0 Å². The van der Waals surface area contributed by atoms with Crippen molar-refractivity contribution < 1.29 is 9.53 Å². The Morgan fingerprint density at radius 2 is 1.90 bits per heavy atom. The summed E-state index contributed by atoms with van der Waals surface area (Å²) in [5.74, 6) is 0.798. The van der Waals surface area contributed by atoms with Gasteiger partial charge < -0.3 is 10.1 Å². The van der Waals surface area contributed by atoms with Crippen molar-refractivity contribution in [3.63, 3.8) is 0 Å². The third-order valence-electron chi connectivity index (χ3n) is 4.69. The van der Waals surface area contributed by atoms with Crippen LogP contribution in [0.4, 0.5) is 5.69 Å². The minimum absolute atomic E-state index is 0.0287. The molecule has 0 unspecified atom stereocenters. The number of carbonyl (C=O) groups is 1. The standard InChI is InChI=1S/C25H23N3O2S/c1-18-9-11-22(12-10-18)30-14-4-8-24(29)27-21-7-2-5-19(15-21)23-17-31-25(28-23)20-6-3-13-26-16-20/h2-3,5-7,9-13,15-17H,4,8,14H2,1H3,(H,27,29). The Morgan fingerprint density at radius 3 is 2.71 bits per heavy atom. The van der Waals surface area contributed by atoms with Crippen molar-refractivity contribution in [2.75, 3.05) is 11.9 Å². The van der Waals surface area contributed by atoms with Crippen LogP contribution in [0.2, 0.25) is 0 Å². The number of nitrogens with zero attached hydrogens (tertiary/aromatic N) is 2. The van der Waals surface area contributed by atoms with Crippen LogP contribution in [0.15, 0.2) is 78.4 Å². The quantitative estimate of drug-likeness (QED) is 0.350. The predicted octanol–water partition coefficient (Wildman–Crippen LogP) is 5.98. The summed E-state index contributed by atoms with van der Waals surface area (Å²) < 4.78 is 5.69. The molecule has 31 heavy (non-hydrogen) atoms. The van der Waals surface area contributed by atoms with E-state index in [9.17, 15) is 4.79 Å². The SMILES string of the molecule is Cc1ccc(OCCCC(=O)Nc2cccc(-c3csc(-c4cccnc4)n3)c2)cc1. The van der Waals surface area contributed by atoms with E-state index in [0.717, 1.165) is 33.3 Å². The third-order valence-corrected chi connectivity index (χ3v) is 5.58. The number of hydrogen-bond donors (Lipinski definition) is 1. The van der Waals surface area contributed by atoms with Gasteiger partial charge in [-0.05, 0) is 49.7 Å². The lowest BCUT2D eigenvalue weighted by atomic mass is 10.1. The van der Waals surface area contributed by atoms with Crippen molar-refractivity contribution in [2.45, 2.75) is 19.8 Å². The second-order valence-electron chi connectivity index (χ2n) is 7.17. The largest absolute Gasteiger partial charge is 0.494 e. The molecule has 2 aromatic heterocycles. The summed E-state index contributed by atoms with van der Waals surface area (Å²) in [4.78, 5) is 21.2. The summed E-state index contributed by atoms with van der Waals surface area (Å²) in [6, 6.07) is 19.6. The van der Waals surface area contributed by atoms with E-state index in [-0.39, 0.29) is 5.91 Å². The molecule has 0 aliphatic carbocycles. The fraction of sp³-hybridized carbons (Fsp3) is 0.160. The molecule has 0 atom stereocenters. The van der Waals surface area contributed by atoms with E-state index in [0.29, 0.717) is 19.4 Å². The molecule has 4 rings (SSSR count). The maximum Gasteiger partial charge on any atom is 0.224 e. The van der Waals surface area contributed by atoms with Crippen molar-refractivity contribution >= 4 is 22.9 Å². The summed E-state index contributed by atoms with van der Waals surface area (Å²) in [6.07, 6.45) is 4.61. The second-order valence-corrected chi connectivity index (χ2v) is 8.03. The zero-order valence-corrected chi connectivity index (χ0v) is 18.1. The maximum atomic E-state index is 12.3. The molecule has 0 aliphatic rings. The number of anilines is 1. The monoisotopic (exact) mass is 429 g/mol. The number of pyridine rings is 1. The molecule has 0 bridgehead atoms. The Hall–Kier alpha value is -3.51. The summed E-state index contributed by atoms with van der Waals surface area (Å²) in [7, 11) is 0. The molecule has 2 aromatic carbocycles. The first-order valence-corrected chi connectivity index (χ1v) is 11.0. The predicted molar refractivity (Wildman–Crippen MR) is 125 cm³/mol. The van der Waals surface area contributed by atoms with Gasteiger partial charge in [-0.25, -0.2) is 4.98 Å². The van der Waals surface area contributed by atoms with Gasteiger partial charge in [-0.3, -0.25) is 9.78 Å². The fourth-order valence-electron chi connectivity index (χ4n) is 3.07. The molecular weight excluding hydrogens is 406 g/mol. The van der Waals surface area contributed by atoms with E-state index in [1.165, 1.54) is 5.56 Å². The highest BCUT2D eigenvalue weighted by Gasteiger charge is 2.09. The Morgan fingerprint density at radius 1 is 1.06 bits per heavy atom. The van der Waals surface area contributed by atoms with Gasteiger partial charge in [0, 0.05) is 41.0 Å². The van der Waals surface area contributed by atoms with Gasteiger partial charge in [0.2, 0.25) is 5.91 Å². The minimum Gasteiger partial charge on any atom is -0.494 e. The van der Waals surface area contributed by atoms with Gasteiger partial charge in [0.05, 0.1) is 12.3 Å². The first-order chi connectivity index (χ1) is 15.2. The zero-order valence-electron chi connectivity index (χ0n) is 17.2. The minimum atomic E-state index is -0.0287. The molecule has 0 radical (unpaired) electrons. The molecule has 1 N–H and O–H groups in total. The van der Waals surface area contributed by atoms with Crippen molar-refractivity contribution in [3.8, 4) is 27.6 Å². The van der Waals surface area contributed by atoms with Crippen molar-refractivity contribution in [3.05, 3.63) is 84.0 Å². The highest BCUT2D eigenvalue weighted by atomic mass is 32.1. The average molecular weight is 430 g/mol. The number of carbonyl (C=O) groups excluding carboxylic acids is 1. The van der Waals surface area contributed by atoms with Crippen LogP contribution in [0.5, 0.6) is 5.75 Å². The summed E-state index contributed by atoms with van der Waals surface area (Å²) in [6.45, 7) is 2.55. The lowest BCUT2D eigenvalue weighted by molar-refractivity contribution is -0.116. The number of rotatable bonds is 8. The number of benzene rings is 2. The molecule has 0 saturated heterocycles. The molecule has 0 fully saturated rings. The third kappa shape index (κ3) is 5.77. The molecule has 6 heteroatoms. The Balaban J connectivity index is 1.30. The fourth-order valence-corrected chi connectivity index (χ4v) is 3.89. The zero-order chi connectivity index (χ0) is 21.5. The van der Waals surface area contributed by atoms with E-state index in [4.69, 9.17) is 9.72 Å². The van der Waals surface area contributed by atoms with Crippen LogP contribution in [-0.2, 0) is 4.79 Å².